The van der Waals surface area contributed by atoms with Gasteiger partial charge in [-0.2, -0.15) is 13.2 Å². The Morgan fingerprint density at radius 3 is 2.12 bits per heavy atom. The normalized spacial score (nSPS) is 12.6. The summed E-state index contributed by atoms with van der Waals surface area (Å²) >= 11 is 0. The lowest BCUT2D eigenvalue weighted by atomic mass is 10.1. The van der Waals surface area contributed by atoms with Crippen LogP contribution in [0.5, 0.6) is 0 Å². The molecule has 1 atom stereocenters. The molecular formula is C16H13F5N2O2. The van der Waals surface area contributed by atoms with E-state index in [4.69, 9.17) is 0 Å². The second-order valence-electron chi connectivity index (χ2n) is 5.07. The van der Waals surface area contributed by atoms with Crippen LogP contribution in [0.25, 0.3) is 0 Å². The highest BCUT2D eigenvalue weighted by Crippen LogP contribution is 2.29. The Bertz CT molecular complexity index is 727. The number of nitrogens with one attached hydrogen (secondary N) is 2. The summed E-state index contributed by atoms with van der Waals surface area (Å²) in [5, 5.41) is 14.0. The molecule has 0 heterocycles. The van der Waals surface area contributed by atoms with Crippen molar-refractivity contribution >= 4 is 11.7 Å². The van der Waals surface area contributed by atoms with E-state index < -0.39 is 41.2 Å². The zero-order valence-corrected chi connectivity index (χ0v) is 12.6. The minimum Gasteiger partial charge on any atom is -0.387 e. The summed E-state index contributed by atoms with van der Waals surface area (Å²) in [6.45, 7) is -0.368. The molecule has 0 aliphatic rings. The highest BCUT2D eigenvalue weighted by Gasteiger charge is 2.30. The van der Waals surface area contributed by atoms with Gasteiger partial charge in [0.1, 0.15) is 17.3 Å². The molecule has 0 saturated heterocycles. The molecule has 134 valence electrons. The Labute approximate surface area is 139 Å². The number of carbonyl (C=O) groups is 1. The van der Waals surface area contributed by atoms with Crippen LogP contribution in [0, 0.1) is 11.6 Å². The fourth-order valence-electron chi connectivity index (χ4n) is 1.98. The number of benzene rings is 2. The lowest BCUT2D eigenvalue weighted by Crippen LogP contribution is -2.33. The number of para-hydroxylation sites is 1. The molecule has 0 radical (unpaired) electrons. The average Bonchev–Trinajstić information content (AvgIpc) is 2.55. The van der Waals surface area contributed by atoms with E-state index in [1.165, 1.54) is 0 Å². The molecule has 0 spiro atoms. The van der Waals surface area contributed by atoms with Crippen LogP contribution in [0.2, 0.25) is 0 Å². The van der Waals surface area contributed by atoms with Gasteiger partial charge in [0, 0.05) is 6.54 Å². The molecule has 0 saturated carbocycles. The van der Waals surface area contributed by atoms with Gasteiger partial charge in [-0.25, -0.2) is 13.6 Å². The van der Waals surface area contributed by atoms with E-state index in [0.717, 1.165) is 42.5 Å². The zero-order valence-electron chi connectivity index (χ0n) is 12.6. The molecule has 0 aromatic heterocycles. The van der Waals surface area contributed by atoms with Crippen molar-refractivity contribution in [3.05, 3.63) is 65.2 Å². The molecule has 0 fully saturated rings. The van der Waals surface area contributed by atoms with Gasteiger partial charge < -0.3 is 15.7 Å². The quantitative estimate of drug-likeness (QED) is 0.726. The first kappa shape index (κ1) is 18.7. The second-order valence-corrected chi connectivity index (χ2v) is 5.07. The van der Waals surface area contributed by atoms with Crippen LogP contribution in [0.3, 0.4) is 0 Å². The molecule has 25 heavy (non-hydrogen) atoms. The second kappa shape index (κ2) is 7.47. The van der Waals surface area contributed by atoms with Gasteiger partial charge in [-0.3, -0.25) is 0 Å². The van der Waals surface area contributed by atoms with Gasteiger partial charge in [-0.05, 0) is 29.8 Å². The number of anilines is 1. The molecule has 0 unspecified atom stereocenters. The number of aliphatic hydroxyl groups is 1. The van der Waals surface area contributed by atoms with E-state index in [9.17, 15) is 31.9 Å². The first-order chi connectivity index (χ1) is 11.7. The molecule has 0 bridgehead atoms. The van der Waals surface area contributed by atoms with Crippen LogP contribution in [-0.2, 0) is 6.18 Å². The summed E-state index contributed by atoms with van der Waals surface area (Å²) in [6.07, 6.45) is -5.79. The number of halogens is 5. The minimum absolute atomic E-state index is 0.144. The summed E-state index contributed by atoms with van der Waals surface area (Å²) in [5.74, 6) is -1.95. The average molecular weight is 360 g/mol. The van der Waals surface area contributed by atoms with E-state index in [2.05, 4.69) is 5.32 Å². The number of aliphatic hydroxyl groups excluding tert-OH is 1. The molecule has 3 N–H and O–H groups in total. The van der Waals surface area contributed by atoms with E-state index in [-0.39, 0.29) is 12.1 Å². The number of alkyl halides is 3. The lowest BCUT2D eigenvalue weighted by Gasteiger charge is -2.14. The third-order valence-corrected chi connectivity index (χ3v) is 3.28. The van der Waals surface area contributed by atoms with E-state index >= 15 is 0 Å². The summed E-state index contributed by atoms with van der Waals surface area (Å²) in [6, 6.07) is 5.80. The van der Waals surface area contributed by atoms with Crippen LogP contribution in [0.1, 0.15) is 17.2 Å². The topological polar surface area (TPSA) is 61.4 Å². The van der Waals surface area contributed by atoms with Gasteiger partial charge in [0.05, 0.1) is 11.7 Å². The van der Waals surface area contributed by atoms with Crippen molar-refractivity contribution in [3.63, 3.8) is 0 Å². The number of urea groups is 1. The van der Waals surface area contributed by atoms with Gasteiger partial charge in [0.25, 0.3) is 0 Å². The monoisotopic (exact) mass is 360 g/mol. The van der Waals surface area contributed by atoms with Crippen molar-refractivity contribution in [2.24, 2.45) is 0 Å². The maximum atomic E-state index is 13.4. The van der Waals surface area contributed by atoms with E-state index in [1.807, 2.05) is 5.32 Å². The van der Waals surface area contributed by atoms with Crippen LogP contribution in [-0.4, -0.2) is 17.7 Å². The maximum absolute atomic E-state index is 13.4. The molecule has 2 aromatic carbocycles. The van der Waals surface area contributed by atoms with E-state index in [0.29, 0.717) is 0 Å². The van der Waals surface area contributed by atoms with Crippen LogP contribution >= 0.6 is 0 Å². The molecule has 0 aliphatic heterocycles. The Kier molecular flexibility index (Phi) is 5.58. The number of hydrogen-bond donors (Lipinski definition) is 3. The van der Waals surface area contributed by atoms with Crippen molar-refractivity contribution < 1.29 is 31.9 Å². The van der Waals surface area contributed by atoms with Crippen molar-refractivity contribution in [1.82, 2.24) is 5.32 Å². The predicted molar refractivity (Wildman–Crippen MR) is 79.8 cm³/mol. The molecule has 2 aromatic rings. The third kappa shape index (κ3) is 4.90. The Morgan fingerprint density at radius 1 is 1.04 bits per heavy atom. The van der Waals surface area contributed by atoms with Gasteiger partial charge in [0.15, 0.2) is 0 Å². The highest BCUT2D eigenvalue weighted by molar-refractivity contribution is 5.89. The zero-order chi connectivity index (χ0) is 18.6. The summed E-state index contributed by atoms with van der Waals surface area (Å²) in [5.41, 5.74) is -1.38. The largest absolute Gasteiger partial charge is 0.416 e. The fraction of sp³-hybridized carbons (Fsp3) is 0.188. The molecule has 9 heteroatoms. The van der Waals surface area contributed by atoms with Gasteiger partial charge >= 0.3 is 12.2 Å². The van der Waals surface area contributed by atoms with Gasteiger partial charge in [-0.15, -0.1) is 0 Å². The highest BCUT2D eigenvalue weighted by atomic mass is 19.4. The van der Waals surface area contributed by atoms with Crippen LogP contribution < -0.4 is 10.6 Å². The Balaban J connectivity index is 1.93. The maximum Gasteiger partial charge on any atom is 0.416 e. The molecule has 2 rings (SSSR count). The summed E-state index contributed by atoms with van der Waals surface area (Å²) in [4.78, 5) is 11.6. The number of hydrogen-bond acceptors (Lipinski definition) is 2. The summed E-state index contributed by atoms with van der Waals surface area (Å²) in [7, 11) is 0. The summed E-state index contributed by atoms with van der Waals surface area (Å²) < 4.78 is 64.1. The third-order valence-electron chi connectivity index (χ3n) is 3.28. The molecule has 2 amide bonds. The Hall–Kier alpha value is -2.68. The van der Waals surface area contributed by atoms with E-state index in [1.54, 1.807) is 0 Å². The minimum atomic E-state index is -4.49. The Morgan fingerprint density at radius 2 is 1.60 bits per heavy atom. The number of amides is 2. The smallest absolute Gasteiger partial charge is 0.387 e. The number of rotatable bonds is 4. The van der Waals surface area contributed by atoms with Crippen molar-refractivity contribution in [1.29, 1.82) is 0 Å². The van der Waals surface area contributed by atoms with Crippen LogP contribution in [0.15, 0.2) is 42.5 Å². The first-order valence-corrected chi connectivity index (χ1v) is 7.02. The van der Waals surface area contributed by atoms with Crippen molar-refractivity contribution in [2.45, 2.75) is 12.3 Å². The van der Waals surface area contributed by atoms with Crippen LogP contribution in [0.4, 0.5) is 32.4 Å². The first-order valence-electron chi connectivity index (χ1n) is 7.02. The molecule has 0 aliphatic carbocycles. The standard InChI is InChI=1S/C16H13F5N2O2/c17-11-2-1-3-12(18)14(11)23-15(25)22-8-13(24)9-4-6-10(7-5-9)16(19,20)21/h1-7,13,24H,8H2,(H2,22,23,25)/t13-/m0/s1. The molecular weight excluding hydrogens is 347 g/mol. The fourth-order valence-corrected chi connectivity index (χ4v) is 1.98. The SMILES string of the molecule is O=C(NC[C@H](O)c1ccc(C(F)(F)F)cc1)Nc1c(F)cccc1F. The molecule has 4 nitrogen and oxygen atoms in total. The lowest BCUT2D eigenvalue weighted by molar-refractivity contribution is -0.137. The van der Waals surface area contributed by atoms with Crippen molar-refractivity contribution in [3.8, 4) is 0 Å². The van der Waals surface area contributed by atoms with Crippen molar-refractivity contribution in [2.75, 3.05) is 11.9 Å². The number of carbonyl (C=O) groups excluding carboxylic acids is 1. The van der Waals surface area contributed by atoms with Gasteiger partial charge in [0.2, 0.25) is 0 Å². The predicted octanol–water partition coefficient (Wildman–Crippen LogP) is 3.84. The van der Waals surface area contributed by atoms with Gasteiger partial charge in [-0.1, -0.05) is 18.2 Å².